The Hall–Kier alpha value is -0.830. The van der Waals surface area contributed by atoms with Gasteiger partial charge in [0.15, 0.2) is 0 Å². The van der Waals surface area contributed by atoms with Gasteiger partial charge in [-0.05, 0) is 37.3 Å². The highest BCUT2D eigenvalue weighted by Crippen LogP contribution is 2.30. The molecular formula is C12H17NOS. The number of hydrogen-bond donors (Lipinski definition) is 1. The first-order valence-corrected chi connectivity index (χ1v) is 6.48. The fourth-order valence-electron chi connectivity index (χ4n) is 1.98. The summed E-state index contributed by atoms with van der Waals surface area (Å²) in [6.07, 6.45) is 5.35. The van der Waals surface area contributed by atoms with Crippen molar-refractivity contribution < 1.29 is 4.79 Å². The van der Waals surface area contributed by atoms with Crippen LogP contribution in [0.4, 0.5) is 0 Å². The summed E-state index contributed by atoms with van der Waals surface area (Å²) in [6, 6.07) is 2.26. The molecule has 0 radical (unpaired) electrons. The Labute approximate surface area is 94.7 Å². The van der Waals surface area contributed by atoms with E-state index in [0.29, 0.717) is 6.42 Å². The van der Waals surface area contributed by atoms with E-state index in [0.717, 1.165) is 13.0 Å². The molecule has 0 aromatic carbocycles. The van der Waals surface area contributed by atoms with Gasteiger partial charge >= 0.3 is 0 Å². The van der Waals surface area contributed by atoms with Gasteiger partial charge in [-0.1, -0.05) is 6.92 Å². The van der Waals surface area contributed by atoms with Gasteiger partial charge in [0.05, 0.1) is 6.54 Å². The Morgan fingerprint density at radius 1 is 1.53 bits per heavy atom. The molecule has 0 saturated heterocycles. The third-order valence-corrected chi connectivity index (χ3v) is 3.97. The number of aryl methyl sites for hydroxylation is 2. The largest absolute Gasteiger partial charge is 0.351 e. The van der Waals surface area contributed by atoms with Gasteiger partial charge in [0.25, 0.3) is 0 Å². The highest BCUT2D eigenvalue weighted by atomic mass is 32.1. The molecule has 0 bridgehead atoms. The number of amides is 1. The standard InChI is InChI=1S/C12H17NOS/c1-2-4-12(14)13-8-10-7-9-5-3-6-11(9)15-10/h7H,2-6,8H2,1H3,(H,13,14). The van der Waals surface area contributed by atoms with Crippen LogP contribution in [-0.2, 0) is 24.2 Å². The predicted octanol–water partition coefficient (Wildman–Crippen LogP) is 2.65. The minimum absolute atomic E-state index is 0.172. The van der Waals surface area contributed by atoms with Crippen LogP contribution in [0.5, 0.6) is 0 Å². The van der Waals surface area contributed by atoms with E-state index < -0.39 is 0 Å². The summed E-state index contributed by atoms with van der Waals surface area (Å²) < 4.78 is 0. The topological polar surface area (TPSA) is 29.1 Å². The monoisotopic (exact) mass is 223 g/mol. The molecule has 2 nitrogen and oxygen atoms in total. The molecule has 0 aliphatic heterocycles. The predicted molar refractivity (Wildman–Crippen MR) is 63.1 cm³/mol. The summed E-state index contributed by atoms with van der Waals surface area (Å²) in [5.74, 6) is 0.172. The number of nitrogens with one attached hydrogen (secondary N) is 1. The lowest BCUT2D eigenvalue weighted by molar-refractivity contribution is -0.121. The average Bonchev–Trinajstić information content (AvgIpc) is 2.74. The number of rotatable bonds is 4. The number of fused-ring (bicyclic) bond motifs is 1. The first-order chi connectivity index (χ1) is 7.29. The SMILES string of the molecule is CCCC(=O)NCc1cc2c(s1)CCC2. The molecule has 1 heterocycles. The van der Waals surface area contributed by atoms with Crippen molar-refractivity contribution in [3.05, 3.63) is 21.4 Å². The minimum Gasteiger partial charge on any atom is -0.351 e. The molecule has 0 spiro atoms. The van der Waals surface area contributed by atoms with E-state index in [4.69, 9.17) is 0 Å². The van der Waals surface area contributed by atoms with Crippen LogP contribution in [-0.4, -0.2) is 5.91 Å². The lowest BCUT2D eigenvalue weighted by atomic mass is 10.2. The molecule has 1 aromatic heterocycles. The molecular weight excluding hydrogens is 206 g/mol. The molecule has 2 rings (SSSR count). The quantitative estimate of drug-likeness (QED) is 0.835. The maximum Gasteiger partial charge on any atom is 0.220 e. The summed E-state index contributed by atoms with van der Waals surface area (Å²) in [4.78, 5) is 14.1. The van der Waals surface area contributed by atoms with Gasteiger partial charge in [0.1, 0.15) is 0 Å². The highest BCUT2D eigenvalue weighted by Gasteiger charge is 2.14. The zero-order valence-corrected chi connectivity index (χ0v) is 9.95. The molecule has 0 fully saturated rings. The van der Waals surface area contributed by atoms with E-state index in [-0.39, 0.29) is 5.91 Å². The Morgan fingerprint density at radius 3 is 3.13 bits per heavy atom. The molecule has 3 heteroatoms. The zero-order valence-electron chi connectivity index (χ0n) is 9.14. The lowest BCUT2D eigenvalue weighted by Crippen LogP contribution is -2.21. The Bertz CT molecular complexity index is 335. The van der Waals surface area contributed by atoms with Crippen LogP contribution < -0.4 is 5.32 Å². The van der Waals surface area contributed by atoms with Crippen LogP contribution in [0.1, 0.15) is 41.5 Å². The molecule has 1 amide bonds. The van der Waals surface area contributed by atoms with E-state index in [1.165, 1.54) is 34.6 Å². The first-order valence-electron chi connectivity index (χ1n) is 5.66. The third-order valence-electron chi connectivity index (χ3n) is 2.73. The second-order valence-corrected chi connectivity index (χ2v) is 5.26. The van der Waals surface area contributed by atoms with Crippen molar-refractivity contribution in [2.24, 2.45) is 0 Å². The zero-order chi connectivity index (χ0) is 10.7. The average molecular weight is 223 g/mol. The highest BCUT2D eigenvalue weighted by molar-refractivity contribution is 7.12. The molecule has 1 aliphatic rings. The van der Waals surface area contributed by atoms with Crippen molar-refractivity contribution in [1.29, 1.82) is 0 Å². The molecule has 0 atom stereocenters. The number of carbonyl (C=O) groups excluding carboxylic acids is 1. The van der Waals surface area contributed by atoms with Crippen molar-refractivity contribution in [2.75, 3.05) is 0 Å². The molecule has 1 N–H and O–H groups in total. The number of thiophene rings is 1. The molecule has 82 valence electrons. The van der Waals surface area contributed by atoms with Crippen molar-refractivity contribution in [1.82, 2.24) is 5.32 Å². The number of carbonyl (C=O) groups is 1. The van der Waals surface area contributed by atoms with Crippen molar-refractivity contribution in [3.8, 4) is 0 Å². The third kappa shape index (κ3) is 2.59. The smallest absolute Gasteiger partial charge is 0.220 e. The molecule has 1 aliphatic carbocycles. The van der Waals surface area contributed by atoms with Crippen LogP contribution >= 0.6 is 11.3 Å². The number of hydrogen-bond acceptors (Lipinski definition) is 2. The summed E-state index contributed by atoms with van der Waals surface area (Å²) in [7, 11) is 0. The fraction of sp³-hybridized carbons (Fsp3) is 0.583. The van der Waals surface area contributed by atoms with Crippen LogP contribution in [0.3, 0.4) is 0 Å². The van der Waals surface area contributed by atoms with E-state index in [9.17, 15) is 4.79 Å². The molecule has 15 heavy (non-hydrogen) atoms. The summed E-state index contributed by atoms with van der Waals surface area (Å²) in [5.41, 5.74) is 1.51. The van der Waals surface area contributed by atoms with E-state index >= 15 is 0 Å². The van der Waals surface area contributed by atoms with Crippen molar-refractivity contribution >= 4 is 17.2 Å². The van der Waals surface area contributed by atoms with Gasteiger partial charge in [0.2, 0.25) is 5.91 Å². The van der Waals surface area contributed by atoms with E-state index in [2.05, 4.69) is 11.4 Å². The first kappa shape index (κ1) is 10.7. The maximum absolute atomic E-state index is 11.3. The lowest BCUT2D eigenvalue weighted by Gasteiger charge is -2.01. The summed E-state index contributed by atoms with van der Waals surface area (Å²) in [6.45, 7) is 2.75. The van der Waals surface area contributed by atoms with Gasteiger partial charge in [0, 0.05) is 16.2 Å². The van der Waals surface area contributed by atoms with Crippen LogP contribution in [0.2, 0.25) is 0 Å². The second-order valence-electron chi connectivity index (χ2n) is 4.04. The van der Waals surface area contributed by atoms with Gasteiger partial charge in [-0.2, -0.15) is 0 Å². The maximum atomic E-state index is 11.3. The van der Waals surface area contributed by atoms with Crippen LogP contribution in [0.15, 0.2) is 6.07 Å². The van der Waals surface area contributed by atoms with Crippen LogP contribution in [0, 0.1) is 0 Å². The molecule has 1 aromatic rings. The van der Waals surface area contributed by atoms with Crippen molar-refractivity contribution in [2.45, 2.75) is 45.6 Å². The summed E-state index contributed by atoms with van der Waals surface area (Å²) >= 11 is 1.87. The van der Waals surface area contributed by atoms with Gasteiger partial charge < -0.3 is 5.32 Å². The normalized spacial score (nSPS) is 13.9. The Balaban J connectivity index is 1.86. The van der Waals surface area contributed by atoms with Gasteiger partial charge in [-0.25, -0.2) is 0 Å². The van der Waals surface area contributed by atoms with Gasteiger partial charge in [-0.15, -0.1) is 11.3 Å². The van der Waals surface area contributed by atoms with Gasteiger partial charge in [-0.3, -0.25) is 4.79 Å². The van der Waals surface area contributed by atoms with E-state index in [1.807, 2.05) is 18.3 Å². The molecule has 0 saturated carbocycles. The fourth-order valence-corrected chi connectivity index (χ4v) is 3.18. The van der Waals surface area contributed by atoms with E-state index in [1.54, 1.807) is 0 Å². The summed E-state index contributed by atoms with van der Waals surface area (Å²) in [5, 5.41) is 2.96. The van der Waals surface area contributed by atoms with Crippen molar-refractivity contribution in [3.63, 3.8) is 0 Å². The Kier molecular flexibility index (Phi) is 3.41. The second kappa shape index (κ2) is 4.79. The minimum atomic E-state index is 0.172. The van der Waals surface area contributed by atoms with Crippen LogP contribution in [0.25, 0.3) is 0 Å². The Morgan fingerprint density at radius 2 is 2.40 bits per heavy atom. The molecule has 0 unspecified atom stereocenters.